The van der Waals surface area contributed by atoms with Gasteiger partial charge in [0.25, 0.3) is 11.2 Å². The molecule has 0 bridgehead atoms. The summed E-state index contributed by atoms with van der Waals surface area (Å²) in [5.74, 6) is 0.0846. The number of nitrogens with zero attached hydrogens (tertiary/aromatic N) is 3. The number of hydrogen-bond donors (Lipinski definition) is 0. The summed E-state index contributed by atoms with van der Waals surface area (Å²) in [5, 5.41) is 11.0. The van der Waals surface area contributed by atoms with Gasteiger partial charge in [-0.15, -0.1) is 0 Å². The molecule has 3 aromatic carbocycles. The first kappa shape index (κ1) is 31.1. The summed E-state index contributed by atoms with van der Waals surface area (Å²) in [7, 11) is 0. The minimum Gasteiger partial charge on any atom is -0.487 e. The molecule has 1 aliphatic heterocycles. The van der Waals surface area contributed by atoms with Crippen molar-refractivity contribution in [1.29, 1.82) is 0 Å². The van der Waals surface area contributed by atoms with Crippen molar-refractivity contribution in [1.82, 2.24) is 4.57 Å². The fraction of sp³-hybridized carbons (Fsp3) is 0.194. The van der Waals surface area contributed by atoms with Crippen molar-refractivity contribution in [2.75, 3.05) is 6.61 Å². The van der Waals surface area contributed by atoms with E-state index in [1.54, 1.807) is 36.6 Å². The summed E-state index contributed by atoms with van der Waals surface area (Å²) in [6, 6.07) is 17.1. The summed E-state index contributed by atoms with van der Waals surface area (Å²) in [4.78, 5) is 42.9. The maximum Gasteiger partial charge on any atom is 0.338 e. The van der Waals surface area contributed by atoms with Crippen molar-refractivity contribution >= 4 is 74.3 Å². The lowest BCUT2D eigenvalue weighted by Gasteiger charge is -2.24. The number of rotatable bonds is 8. The van der Waals surface area contributed by atoms with Gasteiger partial charge in [0.2, 0.25) is 0 Å². The van der Waals surface area contributed by atoms with Crippen LogP contribution < -0.4 is 19.6 Å². The van der Waals surface area contributed by atoms with Gasteiger partial charge >= 0.3 is 5.97 Å². The Morgan fingerprint density at radius 1 is 1.12 bits per heavy atom. The fourth-order valence-corrected chi connectivity index (χ4v) is 7.79. The van der Waals surface area contributed by atoms with Crippen LogP contribution >= 0.6 is 56.5 Å². The normalized spacial score (nSPS) is 14.7. The van der Waals surface area contributed by atoms with Crippen LogP contribution in [0.3, 0.4) is 0 Å². The van der Waals surface area contributed by atoms with Crippen LogP contribution in [-0.4, -0.2) is 22.1 Å². The van der Waals surface area contributed by atoms with E-state index in [2.05, 4.69) is 50.2 Å². The Labute approximate surface area is 278 Å². The van der Waals surface area contributed by atoms with Crippen LogP contribution in [0.2, 0.25) is 0 Å². The molecule has 1 atom stereocenters. The Hall–Kier alpha value is -3.37. The number of carbonyl (C=O) groups excluding carboxylic acids is 1. The van der Waals surface area contributed by atoms with Crippen LogP contribution in [0.15, 0.2) is 81.7 Å². The standard InChI is InChI=1S/C31H25I2N3O6S/c1-4-41-30(38)26-18(3)34-31-35(27(26)20-9-5-17(2)6-10-20)29(37)25(43-31)14-21-13-22(32)15-24(33)28(21)42-16-19-7-11-23(12-8-19)36(39)40/h5-15,27H,4,16H2,1-3H3/b25-14-/t27-/m1/s1. The van der Waals surface area contributed by atoms with Gasteiger partial charge in [0, 0.05) is 21.3 Å². The number of allylic oxidation sites excluding steroid dienone is 1. The van der Waals surface area contributed by atoms with E-state index >= 15 is 0 Å². The number of benzene rings is 3. The summed E-state index contributed by atoms with van der Waals surface area (Å²) >= 11 is 5.66. The van der Waals surface area contributed by atoms with E-state index in [1.807, 2.05) is 43.3 Å². The third-order valence-electron chi connectivity index (χ3n) is 6.76. The van der Waals surface area contributed by atoms with E-state index in [4.69, 9.17) is 9.47 Å². The number of non-ortho nitro benzene ring substituents is 1. The Morgan fingerprint density at radius 2 is 1.81 bits per heavy atom. The van der Waals surface area contributed by atoms with E-state index in [0.29, 0.717) is 31.9 Å². The summed E-state index contributed by atoms with van der Waals surface area (Å²) < 4.78 is 15.4. The minimum absolute atomic E-state index is 0.00829. The molecule has 220 valence electrons. The zero-order chi connectivity index (χ0) is 30.8. The van der Waals surface area contributed by atoms with Gasteiger partial charge in [0.15, 0.2) is 4.80 Å². The van der Waals surface area contributed by atoms with Crippen molar-refractivity contribution in [2.45, 2.75) is 33.4 Å². The lowest BCUT2D eigenvalue weighted by molar-refractivity contribution is -0.384. The minimum atomic E-state index is -0.688. The van der Waals surface area contributed by atoms with Gasteiger partial charge in [-0.25, -0.2) is 9.79 Å². The van der Waals surface area contributed by atoms with Crippen LogP contribution in [-0.2, 0) is 16.1 Å². The highest BCUT2D eigenvalue weighted by Gasteiger charge is 2.33. The smallest absolute Gasteiger partial charge is 0.338 e. The highest BCUT2D eigenvalue weighted by atomic mass is 127. The van der Waals surface area contributed by atoms with Gasteiger partial charge in [0.1, 0.15) is 12.4 Å². The molecular weight excluding hydrogens is 796 g/mol. The summed E-state index contributed by atoms with van der Waals surface area (Å²) in [5.41, 5.74) is 3.89. The van der Waals surface area contributed by atoms with E-state index < -0.39 is 16.9 Å². The average molecular weight is 821 g/mol. The second-order valence-electron chi connectivity index (χ2n) is 9.73. The molecular formula is C31H25I2N3O6S. The van der Waals surface area contributed by atoms with Crippen molar-refractivity contribution < 1.29 is 19.2 Å². The fourth-order valence-electron chi connectivity index (χ4n) is 4.71. The zero-order valence-electron chi connectivity index (χ0n) is 23.3. The third-order valence-corrected chi connectivity index (χ3v) is 9.17. The molecule has 4 aromatic rings. The molecule has 0 saturated carbocycles. The van der Waals surface area contributed by atoms with E-state index in [-0.39, 0.29) is 24.5 Å². The number of aromatic nitrogens is 1. The van der Waals surface area contributed by atoms with E-state index in [9.17, 15) is 19.7 Å². The third kappa shape index (κ3) is 6.60. The molecule has 9 nitrogen and oxygen atoms in total. The highest BCUT2D eigenvalue weighted by Crippen LogP contribution is 2.32. The van der Waals surface area contributed by atoms with Gasteiger partial charge in [0.05, 0.1) is 36.9 Å². The van der Waals surface area contributed by atoms with Crippen LogP contribution in [0.5, 0.6) is 5.75 Å². The number of fused-ring (bicyclic) bond motifs is 1. The maximum absolute atomic E-state index is 14.1. The average Bonchev–Trinajstić information content (AvgIpc) is 3.26. The van der Waals surface area contributed by atoms with Crippen molar-refractivity contribution in [3.05, 3.63) is 131 Å². The first-order valence-electron chi connectivity index (χ1n) is 13.2. The molecule has 0 amide bonds. The molecule has 0 aliphatic carbocycles. The van der Waals surface area contributed by atoms with Crippen molar-refractivity contribution in [2.24, 2.45) is 4.99 Å². The van der Waals surface area contributed by atoms with E-state index in [1.165, 1.54) is 23.5 Å². The Morgan fingerprint density at radius 3 is 2.47 bits per heavy atom. The predicted molar refractivity (Wildman–Crippen MR) is 181 cm³/mol. The SMILES string of the molecule is CCOC(=O)C1=C(C)N=c2s/c(=C\c3cc(I)cc(I)c3OCc3ccc([N+](=O)[O-])cc3)c(=O)n2[C@@H]1c1ccc(C)cc1. The van der Waals surface area contributed by atoms with Gasteiger partial charge in [-0.05, 0) is 107 Å². The molecule has 0 saturated heterocycles. The molecule has 1 aliphatic rings. The summed E-state index contributed by atoms with van der Waals surface area (Å²) in [6.45, 7) is 5.87. The molecule has 12 heteroatoms. The largest absolute Gasteiger partial charge is 0.487 e. The number of nitro groups is 1. The van der Waals surface area contributed by atoms with Crippen molar-refractivity contribution in [3.63, 3.8) is 0 Å². The lowest BCUT2D eigenvalue weighted by Crippen LogP contribution is -2.39. The van der Waals surface area contributed by atoms with Gasteiger partial charge in [-0.1, -0.05) is 41.2 Å². The lowest BCUT2D eigenvalue weighted by atomic mass is 9.95. The monoisotopic (exact) mass is 821 g/mol. The number of ether oxygens (including phenoxy) is 2. The zero-order valence-corrected chi connectivity index (χ0v) is 28.4. The van der Waals surface area contributed by atoms with Gasteiger partial charge in [-0.3, -0.25) is 19.5 Å². The Balaban J connectivity index is 1.60. The first-order valence-corrected chi connectivity index (χ1v) is 16.2. The molecule has 43 heavy (non-hydrogen) atoms. The van der Waals surface area contributed by atoms with Crippen LogP contribution in [0.1, 0.15) is 42.1 Å². The molecule has 0 N–H and O–H groups in total. The van der Waals surface area contributed by atoms with Crippen molar-refractivity contribution in [3.8, 4) is 5.75 Å². The van der Waals surface area contributed by atoms with Gasteiger partial charge in [-0.2, -0.15) is 0 Å². The number of aryl methyl sites for hydroxylation is 1. The highest BCUT2D eigenvalue weighted by molar-refractivity contribution is 14.1. The van der Waals surface area contributed by atoms with Crippen LogP contribution in [0.25, 0.3) is 6.08 Å². The molecule has 5 rings (SSSR count). The molecule has 2 heterocycles. The number of nitro benzene ring substituents is 1. The van der Waals surface area contributed by atoms with Crippen LogP contribution in [0, 0.1) is 24.2 Å². The molecule has 1 aromatic heterocycles. The predicted octanol–water partition coefficient (Wildman–Crippen LogP) is 5.80. The molecule has 0 spiro atoms. The Kier molecular flexibility index (Phi) is 9.46. The molecule has 0 unspecified atom stereocenters. The number of thiazole rings is 1. The topological polar surface area (TPSA) is 113 Å². The second kappa shape index (κ2) is 13.1. The molecule has 0 radical (unpaired) electrons. The van der Waals surface area contributed by atoms with E-state index in [0.717, 1.165) is 23.8 Å². The number of esters is 1. The molecule has 0 fully saturated rings. The van der Waals surface area contributed by atoms with Crippen LogP contribution in [0.4, 0.5) is 5.69 Å². The number of halogens is 2. The second-order valence-corrected chi connectivity index (χ2v) is 13.1. The van der Waals surface area contributed by atoms with Gasteiger partial charge < -0.3 is 9.47 Å². The maximum atomic E-state index is 14.1. The summed E-state index contributed by atoms with van der Waals surface area (Å²) in [6.07, 6.45) is 1.79. The number of hydrogen-bond acceptors (Lipinski definition) is 8. The Bertz CT molecular complexity index is 1950. The number of carbonyl (C=O) groups is 1. The first-order chi connectivity index (χ1) is 20.6. The quantitative estimate of drug-likeness (QED) is 0.0962.